The zero-order chi connectivity index (χ0) is 24.3. The van der Waals surface area contributed by atoms with Crippen LogP contribution in [-0.4, -0.2) is 29.5 Å². The van der Waals surface area contributed by atoms with Crippen LogP contribution < -0.4 is 4.72 Å². The predicted octanol–water partition coefficient (Wildman–Crippen LogP) is 4.21. The second kappa shape index (κ2) is 9.44. The van der Waals surface area contributed by atoms with Crippen molar-refractivity contribution in [3.8, 4) is 11.4 Å². The lowest BCUT2D eigenvalue weighted by Crippen LogP contribution is -2.18. The molecule has 34 heavy (non-hydrogen) atoms. The number of aryl methyl sites for hydroxylation is 3. The van der Waals surface area contributed by atoms with E-state index < -0.39 is 16.0 Å². The Morgan fingerprint density at radius 3 is 2.50 bits per heavy atom. The lowest BCUT2D eigenvalue weighted by atomic mass is 10.1. The van der Waals surface area contributed by atoms with Crippen LogP contribution in [0, 0.1) is 20.8 Å². The van der Waals surface area contributed by atoms with Crippen molar-refractivity contribution in [2.24, 2.45) is 0 Å². The van der Waals surface area contributed by atoms with Crippen molar-refractivity contribution < 1.29 is 22.5 Å². The molecule has 0 radical (unpaired) electrons. The molecule has 0 fully saturated rings. The summed E-state index contributed by atoms with van der Waals surface area (Å²) < 4.78 is 39.2. The standard InChI is InChI=1S/C24H22N4O5S/c1-15-11-16(2)22(17(3)12-15)34(30,31)28-20-9-5-4-8-19(20)24(29)32-14-21-26-23(27-33-21)18-7-6-10-25-13-18/h4-13,28H,14H2,1-3H3. The molecule has 4 aromatic rings. The van der Waals surface area contributed by atoms with Gasteiger partial charge in [-0.25, -0.2) is 13.2 Å². The van der Waals surface area contributed by atoms with E-state index in [4.69, 9.17) is 9.26 Å². The van der Waals surface area contributed by atoms with Crippen LogP contribution in [0.1, 0.15) is 32.9 Å². The molecule has 0 atom stereocenters. The number of sulfonamides is 1. The number of anilines is 1. The highest BCUT2D eigenvalue weighted by Crippen LogP contribution is 2.26. The Kier molecular flexibility index (Phi) is 6.42. The molecule has 0 aliphatic rings. The van der Waals surface area contributed by atoms with Gasteiger partial charge in [-0.3, -0.25) is 9.71 Å². The highest BCUT2D eigenvalue weighted by Gasteiger charge is 2.23. The third-order valence-electron chi connectivity index (χ3n) is 4.98. The number of rotatable bonds is 7. The molecule has 9 nitrogen and oxygen atoms in total. The van der Waals surface area contributed by atoms with Gasteiger partial charge in [0.15, 0.2) is 6.61 Å². The fourth-order valence-corrected chi connectivity index (χ4v) is 5.20. The average Bonchev–Trinajstić information content (AvgIpc) is 3.26. The number of aromatic nitrogens is 3. The molecule has 10 heteroatoms. The molecular weight excluding hydrogens is 456 g/mol. The molecule has 0 aliphatic heterocycles. The molecule has 0 unspecified atom stereocenters. The number of para-hydroxylation sites is 1. The van der Waals surface area contributed by atoms with Crippen LogP contribution >= 0.6 is 0 Å². The highest BCUT2D eigenvalue weighted by atomic mass is 32.2. The van der Waals surface area contributed by atoms with Crippen LogP contribution in [0.25, 0.3) is 11.4 Å². The minimum Gasteiger partial charge on any atom is -0.452 e. The van der Waals surface area contributed by atoms with Crippen molar-refractivity contribution in [3.05, 3.63) is 89.1 Å². The van der Waals surface area contributed by atoms with Crippen molar-refractivity contribution >= 4 is 21.7 Å². The number of benzene rings is 2. The molecule has 2 aromatic heterocycles. The van der Waals surface area contributed by atoms with E-state index in [9.17, 15) is 13.2 Å². The molecule has 0 spiro atoms. The second-order valence-corrected chi connectivity index (χ2v) is 9.33. The molecule has 0 amide bonds. The van der Waals surface area contributed by atoms with E-state index in [0.717, 1.165) is 5.56 Å². The summed E-state index contributed by atoms with van der Waals surface area (Å²) in [5, 5.41) is 3.85. The van der Waals surface area contributed by atoms with Gasteiger partial charge in [-0.05, 0) is 56.2 Å². The maximum atomic E-state index is 13.1. The number of pyridine rings is 1. The number of nitrogens with one attached hydrogen (secondary N) is 1. The number of carbonyl (C=O) groups is 1. The Bertz CT molecular complexity index is 1430. The van der Waals surface area contributed by atoms with Crippen LogP contribution in [0.2, 0.25) is 0 Å². The average molecular weight is 479 g/mol. The highest BCUT2D eigenvalue weighted by molar-refractivity contribution is 7.92. The van der Waals surface area contributed by atoms with Gasteiger partial charge in [0.2, 0.25) is 5.82 Å². The monoisotopic (exact) mass is 478 g/mol. The first-order chi connectivity index (χ1) is 16.2. The van der Waals surface area contributed by atoms with Crippen LogP contribution in [0.3, 0.4) is 0 Å². The first-order valence-electron chi connectivity index (χ1n) is 10.3. The fraction of sp³-hybridized carbons (Fsp3) is 0.167. The SMILES string of the molecule is Cc1cc(C)c(S(=O)(=O)Nc2ccccc2C(=O)OCc2nc(-c3cccnc3)no2)c(C)c1. The second-order valence-electron chi connectivity index (χ2n) is 7.71. The summed E-state index contributed by atoms with van der Waals surface area (Å²) in [5.41, 5.74) is 3.02. The zero-order valence-electron chi connectivity index (χ0n) is 18.8. The van der Waals surface area contributed by atoms with Crippen molar-refractivity contribution in [3.63, 3.8) is 0 Å². The van der Waals surface area contributed by atoms with Gasteiger partial charge < -0.3 is 9.26 Å². The Labute approximate surface area is 196 Å². The van der Waals surface area contributed by atoms with Crippen LogP contribution in [0.5, 0.6) is 0 Å². The number of esters is 1. The van der Waals surface area contributed by atoms with E-state index in [1.54, 1.807) is 62.6 Å². The van der Waals surface area contributed by atoms with Crippen molar-refractivity contribution in [2.45, 2.75) is 32.3 Å². The van der Waals surface area contributed by atoms with Gasteiger partial charge in [0.05, 0.1) is 16.1 Å². The molecule has 0 saturated carbocycles. The van der Waals surface area contributed by atoms with E-state index in [-0.39, 0.29) is 28.6 Å². The quantitative estimate of drug-likeness (QED) is 0.392. The number of nitrogens with zero attached hydrogens (tertiary/aromatic N) is 3. The van der Waals surface area contributed by atoms with Crippen LogP contribution in [0.15, 0.2) is 70.3 Å². The zero-order valence-corrected chi connectivity index (χ0v) is 19.6. The summed E-state index contributed by atoms with van der Waals surface area (Å²) in [6.07, 6.45) is 3.21. The van der Waals surface area contributed by atoms with Gasteiger partial charge in [0, 0.05) is 18.0 Å². The summed E-state index contributed by atoms with van der Waals surface area (Å²) in [6.45, 7) is 5.10. The molecule has 2 heterocycles. The number of ether oxygens (including phenoxy) is 1. The Morgan fingerprint density at radius 2 is 1.79 bits per heavy atom. The third-order valence-corrected chi connectivity index (χ3v) is 6.65. The van der Waals surface area contributed by atoms with Crippen molar-refractivity contribution in [1.82, 2.24) is 15.1 Å². The predicted molar refractivity (Wildman–Crippen MR) is 125 cm³/mol. The minimum absolute atomic E-state index is 0.0560. The molecule has 0 bridgehead atoms. The van der Waals surface area contributed by atoms with E-state index in [1.165, 1.54) is 12.1 Å². The molecule has 4 rings (SSSR count). The first kappa shape index (κ1) is 23.1. The van der Waals surface area contributed by atoms with Gasteiger partial charge in [-0.15, -0.1) is 0 Å². The summed E-state index contributed by atoms with van der Waals surface area (Å²) >= 11 is 0. The van der Waals surface area contributed by atoms with Crippen LogP contribution in [0.4, 0.5) is 5.69 Å². The maximum Gasteiger partial charge on any atom is 0.340 e. The lowest BCUT2D eigenvalue weighted by molar-refractivity contribution is 0.0431. The minimum atomic E-state index is -3.95. The smallest absolute Gasteiger partial charge is 0.340 e. The van der Waals surface area contributed by atoms with Gasteiger partial charge in [-0.2, -0.15) is 4.98 Å². The molecule has 1 N–H and O–H groups in total. The summed E-state index contributed by atoms with van der Waals surface area (Å²) in [7, 11) is -3.95. The maximum absolute atomic E-state index is 13.1. The summed E-state index contributed by atoms with van der Waals surface area (Å²) in [5.74, 6) is -0.330. The van der Waals surface area contributed by atoms with E-state index in [2.05, 4.69) is 19.8 Å². The number of carbonyl (C=O) groups excluding carboxylic acids is 1. The lowest BCUT2D eigenvalue weighted by Gasteiger charge is -2.15. The van der Waals surface area contributed by atoms with E-state index >= 15 is 0 Å². The van der Waals surface area contributed by atoms with Gasteiger partial charge in [0.1, 0.15) is 0 Å². The Morgan fingerprint density at radius 1 is 1.06 bits per heavy atom. The molecular formula is C24H22N4O5S. The van der Waals surface area contributed by atoms with E-state index in [0.29, 0.717) is 22.5 Å². The Balaban J connectivity index is 1.51. The van der Waals surface area contributed by atoms with Crippen molar-refractivity contribution in [1.29, 1.82) is 0 Å². The number of hydrogen-bond donors (Lipinski definition) is 1. The Hall–Kier alpha value is -4.05. The van der Waals surface area contributed by atoms with Crippen molar-refractivity contribution in [2.75, 3.05) is 4.72 Å². The molecule has 0 saturated heterocycles. The van der Waals surface area contributed by atoms with Crippen LogP contribution in [-0.2, 0) is 21.4 Å². The third kappa shape index (κ3) is 4.96. The van der Waals surface area contributed by atoms with Gasteiger partial charge >= 0.3 is 5.97 Å². The number of hydrogen-bond acceptors (Lipinski definition) is 8. The first-order valence-corrected chi connectivity index (χ1v) is 11.8. The molecule has 0 aliphatic carbocycles. The molecule has 174 valence electrons. The fourth-order valence-electron chi connectivity index (χ4n) is 3.67. The van der Waals surface area contributed by atoms with E-state index in [1.807, 2.05) is 6.92 Å². The largest absolute Gasteiger partial charge is 0.452 e. The topological polar surface area (TPSA) is 124 Å². The normalized spacial score (nSPS) is 11.3. The summed E-state index contributed by atoms with van der Waals surface area (Å²) in [6, 6.07) is 13.3. The van der Waals surface area contributed by atoms with Gasteiger partial charge in [-0.1, -0.05) is 35.0 Å². The summed E-state index contributed by atoms with van der Waals surface area (Å²) in [4.78, 5) is 21.1. The molecule has 2 aromatic carbocycles. The van der Waals surface area contributed by atoms with Gasteiger partial charge in [0.25, 0.3) is 15.9 Å².